The minimum atomic E-state index is -0.226. The molecule has 0 spiro atoms. The maximum atomic E-state index is 12.3. The minimum Gasteiger partial charge on any atom is -0.350 e. The van der Waals surface area contributed by atoms with Crippen molar-refractivity contribution in [3.63, 3.8) is 0 Å². The zero-order chi connectivity index (χ0) is 19.2. The van der Waals surface area contributed by atoms with Gasteiger partial charge in [-0.15, -0.1) is 21.5 Å². The number of hydrogen-bond acceptors (Lipinski definition) is 7. The van der Waals surface area contributed by atoms with Gasteiger partial charge in [0.15, 0.2) is 4.34 Å². The third kappa shape index (κ3) is 5.31. The van der Waals surface area contributed by atoms with E-state index < -0.39 is 0 Å². The first-order valence-electron chi connectivity index (χ1n) is 8.72. The van der Waals surface area contributed by atoms with Crippen molar-refractivity contribution in [3.05, 3.63) is 51.7 Å². The van der Waals surface area contributed by atoms with Crippen LogP contribution in [0.1, 0.15) is 29.9 Å². The monoisotopic (exact) mass is 418 g/mol. The molecular weight excluding hydrogens is 396 g/mol. The Bertz CT molecular complexity index is 892. The highest BCUT2D eigenvalue weighted by molar-refractivity contribution is 8.02. The van der Waals surface area contributed by atoms with Crippen molar-refractivity contribution < 1.29 is 4.79 Å². The van der Waals surface area contributed by atoms with Crippen molar-refractivity contribution in [1.29, 1.82) is 0 Å². The van der Waals surface area contributed by atoms with Crippen molar-refractivity contribution in [3.8, 4) is 0 Å². The van der Waals surface area contributed by atoms with E-state index in [2.05, 4.69) is 52.9 Å². The Morgan fingerprint density at radius 1 is 1.26 bits per heavy atom. The van der Waals surface area contributed by atoms with Gasteiger partial charge < -0.3 is 10.6 Å². The lowest BCUT2D eigenvalue weighted by Crippen LogP contribution is -2.30. The van der Waals surface area contributed by atoms with E-state index >= 15 is 0 Å². The largest absolute Gasteiger partial charge is 0.350 e. The van der Waals surface area contributed by atoms with E-state index in [9.17, 15) is 4.79 Å². The van der Waals surface area contributed by atoms with E-state index in [0.717, 1.165) is 26.5 Å². The molecule has 0 aliphatic heterocycles. The van der Waals surface area contributed by atoms with Crippen molar-refractivity contribution in [2.45, 2.75) is 43.3 Å². The van der Waals surface area contributed by atoms with E-state index in [0.29, 0.717) is 6.54 Å². The quantitative estimate of drug-likeness (QED) is 0.503. The van der Waals surface area contributed by atoms with Crippen LogP contribution < -0.4 is 10.6 Å². The number of nitrogens with one attached hydrogen (secondary N) is 2. The summed E-state index contributed by atoms with van der Waals surface area (Å²) in [7, 11) is 0. The fourth-order valence-electron chi connectivity index (χ4n) is 2.55. The Morgan fingerprint density at radius 3 is 2.85 bits per heavy atom. The molecule has 0 fully saturated rings. The molecule has 0 saturated carbocycles. The van der Waals surface area contributed by atoms with Crippen LogP contribution in [0.2, 0.25) is 0 Å². The van der Waals surface area contributed by atoms with Crippen LogP contribution in [0.25, 0.3) is 0 Å². The predicted octanol–water partition coefficient (Wildman–Crippen LogP) is 5.01. The van der Waals surface area contributed by atoms with Gasteiger partial charge in [0.05, 0.1) is 11.8 Å². The fraction of sp³-hybridized carbons (Fsp3) is 0.316. The van der Waals surface area contributed by atoms with Gasteiger partial charge in [-0.2, -0.15) is 0 Å². The average molecular weight is 419 g/mol. The number of rotatable bonds is 8. The Kier molecular flexibility index (Phi) is 6.87. The van der Waals surface area contributed by atoms with Crippen molar-refractivity contribution in [2.75, 3.05) is 5.32 Å². The Hall–Kier alpha value is -1.90. The summed E-state index contributed by atoms with van der Waals surface area (Å²) in [6, 6.07) is 10.3. The molecule has 0 unspecified atom stereocenters. The van der Waals surface area contributed by atoms with Gasteiger partial charge in [-0.25, -0.2) is 0 Å². The maximum Gasteiger partial charge on any atom is 0.233 e. The number of hydrogen-bond donors (Lipinski definition) is 2. The van der Waals surface area contributed by atoms with Crippen LogP contribution in [0.15, 0.2) is 40.1 Å². The summed E-state index contributed by atoms with van der Waals surface area (Å²) < 4.78 is 0.780. The summed E-state index contributed by atoms with van der Waals surface area (Å²) in [5, 5.41) is 17.3. The molecule has 0 radical (unpaired) electrons. The molecule has 1 atom stereocenters. The lowest BCUT2D eigenvalue weighted by Gasteiger charge is -2.11. The van der Waals surface area contributed by atoms with Crippen molar-refractivity contribution in [1.82, 2.24) is 15.5 Å². The molecule has 2 aromatic heterocycles. The number of nitrogens with zero attached hydrogens (tertiary/aromatic N) is 2. The SMILES string of the molecule is CCc1cccc(C)c1Nc1nnc(S[C@@H](C)C(=O)NCc2cccs2)s1. The minimum absolute atomic E-state index is 0.00489. The second kappa shape index (κ2) is 9.34. The molecule has 0 saturated heterocycles. The third-order valence-electron chi connectivity index (χ3n) is 4.04. The number of amides is 1. The number of aromatic nitrogens is 2. The van der Waals surface area contributed by atoms with Crippen LogP contribution in [-0.4, -0.2) is 21.4 Å². The van der Waals surface area contributed by atoms with Crippen LogP contribution in [0.5, 0.6) is 0 Å². The molecule has 8 heteroatoms. The van der Waals surface area contributed by atoms with Crippen molar-refractivity contribution in [2.24, 2.45) is 0 Å². The predicted molar refractivity (Wildman–Crippen MR) is 115 cm³/mol. The van der Waals surface area contributed by atoms with Gasteiger partial charge in [-0.05, 0) is 42.8 Å². The topological polar surface area (TPSA) is 66.9 Å². The van der Waals surface area contributed by atoms with E-state index in [1.165, 1.54) is 34.2 Å². The Morgan fingerprint density at radius 2 is 2.11 bits per heavy atom. The van der Waals surface area contributed by atoms with Crippen LogP contribution in [0, 0.1) is 6.92 Å². The number of para-hydroxylation sites is 1. The van der Waals surface area contributed by atoms with Gasteiger partial charge in [0.1, 0.15) is 0 Å². The van der Waals surface area contributed by atoms with Gasteiger partial charge in [-0.1, -0.05) is 54.3 Å². The van der Waals surface area contributed by atoms with E-state index in [-0.39, 0.29) is 11.2 Å². The van der Waals surface area contributed by atoms with Crippen LogP contribution >= 0.6 is 34.4 Å². The highest BCUT2D eigenvalue weighted by atomic mass is 32.2. The summed E-state index contributed by atoms with van der Waals surface area (Å²) in [5.41, 5.74) is 3.52. The lowest BCUT2D eigenvalue weighted by atomic mass is 10.1. The van der Waals surface area contributed by atoms with Gasteiger partial charge in [0, 0.05) is 10.6 Å². The number of aryl methyl sites for hydroxylation is 2. The maximum absolute atomic E-state index is 12.3. The van der Waals surface area contributed by atoms with Gasteiger partial charge in [0.25, 0.3) is 0 Å². The van der Waals surface area contributed by atoms with Gasteiger partial charge >= 0.3 is 0 Å². The highest BCUT2D eigenvalue weighted by Crippen LogP contribution is 2.32. The van der Waals surface area contributed by atoms with E-state index in [4.69, 9.17) is 0 Å². The molecule has 1 aromatic carbocycles. The molecule has 27 heavy (non-hydrogen) atoms. The summed E-state index contributed by atoms with van der Waals surface area (Å²) in [5.74, 6) is 0.00489. The molecular formula is C19H22N4OS3. The summed E-state index contributed by atoms with van der Waals surface area (Å²) in [6.45, 7) is 6.67. The number of anilines is 2. The molecule has 2 heterocycles. The van der Waals surface area contributed by atoms with Crippen LogP contribution in [0.4, 0.5) is 10.8 Å². The first-order valence-corrected chi connectivity index (χ1v) is 11.3. The molecule has 0 aliphatic rings. The normalized spacial score (nSPS) is 12.0. The Balaban J connectivity index is 1.58. The standard InChI is InChI=1S/C19H22N4OS3/c1-4-14-8-5-7-12(2)16(14)21-18-22-23-19(27-18)26-13(3)17(24)20-11-15-9-6-10-25-15/h5-10,13H,4,11H2,1-3H3,(H,20,24)(H,21,22)/t13-/m0/s1. The van der Waals surface area contributed by atoms with Gasteiger partial charge in [-0.3, -0.25) is 4.79 Å². The lowest BCUT2D eigenvalue weighted by molar-refractivity contribution is -0.120. The van der Waals surface area contributed by atoms with Crippen LogP contribution in [0.3, 0.4) is 0 Å². The smallest absolute Gasteiger partial charge is 0.233 e. The molecule has 3 aromatic rings. The zero-order valence-electron chi connectivity index (χ0n) is 15.5. The summed E-state index contributed by atoms with van der Waals surface area (Å²) in [4.78, 5) is 13.4. The first-order chi connectivity index (χ1) is 13.1. The molecule has 142 valence electrons. The molecule has 2 N–H and O–H groups in total. The van der Waals surface area contributed by atoms with E-state index in [1.54, 1.807) is 11.3 Å². The van der Waals surface area contributed by atoms with Gasteiger partial charge in [0.2, 0.25) is 11.0 Å². The molecule has 0 aliphatic carbocycles. The number of carbonyl (C=O) groups is 1. The Labute approximate surface area is 171 Å². The van der Waals surface area contributed by atoms with Crippen molar-refractivity contribution >= 4 is 51.2 Å². The first kappa shape index (κ1) is 19.9. The molecule has 3 rings (SSSR count). The fourth-order valence-corrected chi connectivity index (χ4v) is 5.12. The number of thioether (sulfide) groups is 1. The second-order valence-corrected chi connectivity index (χ2v) is 9.62. The molecule has 0 bridgehead atoms. The molecule has 5 nitrogen and oxygen atoms in total. The van der Waals surface area contributed by atoms with Crippen LogP contribution in [-0.2, 0) is 17.8 Å². The molecule has 1 amide bonds. The highest BCUT2D eigenvalue weighted by Gasteiger charge is 2.17. The number of benzene rings is 1. The summed E-state index contributed by atoms with van der Waals surface area (Å²) >= 11 is 4.54. The summed E-state index contributed by atoms with van der Waals surface area (Å²) in [6.07, 6.45) is 0.950. The zero-order valence-corrected chi connectivity index (χ0v) is 17.9. The second-order valence-electron chi connectivity index (χ2n) is 6.02. The number of carbonyl (C=O) groups excluding carboxylic acids is 1. The van der Waals surface area contributed by atoms with E-state index in [1.807, 2.05) is 24.4 Å². The number of thiophene rings is 1. The average Bonchev–Trinajstić information content (AvgIpc) is 3.33. The third-order valence-corrected chi connectivity index (χ3v) is 6.94.